The van der Waals surface area contributed by atoms with Crippen LogP contribution in [0.15, 0.2) is 54.6 Å². The van der Waals surface area contributed by atoms with Gasteiger partial charge in [-0.3, -0.25) is 14.7 Å². The molecule has 3 aliphatic heterocycles. The number of benzene rings is 3. The maximum atomic E-state index is 2.69. The van der Waals surface area contributed by atoms with Crippen LogP contribution in [0.2, 0.25) is 0 Å². The van der Waals surface area contributed by atoms with E-state index in [1.54, 1.807) is 27.8 Å². The Bertz CT molecular complexity index is 1420. The van der Waals surface area contributed by atoms with Crippen molar-refractivity contribution in [3.8, 4) is 0 Å². The average Bonchev–Trinajstić information content (AvgIpc) is 3.60. The van der Waals surface area contributed by atoms with Gasteiger partial charge in [-0.25, -0.2) is 0 Å². The van der Waals surface area contributed by atoms with E-state index in [9.17, 15) is 0 Å². The number of fused-ring (bicyclic) bond motifs is 3. The van der Waals surface area contributed by atoms with E-state index >= 15 is 0 Å². The van der Waals surface area contributed by atoms with Crippen LogP contribution in [-0.2, 0) is 45.3 Å². The Hall–Kier alpha value is -2.46. The Labute approximate surface area is 288 Å². The van der Waals surface area contributed by atoms with Gasteiger partial charge in [-0.2, -0.15) is 0 Å². The highest BCUT2D eigenvalue weighted by atomic mass is 15.1. The molecule has 0 radical (unpaired) electrons. The van der Waals surface area contributed by atoms with Crippen LogP contribution >= 0.6 is 0 Å². The second kappa shape index (κ2) is 17.3. The van der Waals surface area contributed by atoms with Crippen molar-refractivity contribution >= 4 is 0 Å². The fourth-order valence-corrected chi connectivity index (χ4v) is 8.02. The Morgan fingerprint density at radius 2 is 1.23 bits per heavy atom. The summed E-state index contributed by atoms with van der Waals surface area (Å²) in [4.78, 5) is 7.76. The molecular weight excluding hydrogens is 571 g/mol. The van der Waals surface area contributed by atoms with Gasteiger partial charge in [0.05, 0.1) is 0 Å². The molecule has 7 rings (SSSR count). The zero-order chi connectivity index (χ0) is 33.3. The van der Waals surface area contributed by atoms with Gasteiger partial charge in [0.25, 0.3) is 0 Å². The third-order valence-corrected chi connectivity index (χ3v) is 11.3. The number of rotatable bonds is 6. The smallest absolute Gasteiger partial charge is 0.0239 e. The topological polar surface area (TPSA) is 9.72 Å². The lowest BCUT2D eigenvalue weighted by Gasteiger charge is -2.32. The first-order valence-electron chi connectivity index (χ1n) is 19.2. The van der Waals surface area contributed by atoms with Crippen molar-refractivity contribution in [3.05, 3.63) is 105 Å². The summed E-state index contributed by atoms with van der Waals surface area (Å²) in [5, 5.41) is 0. The summed E-state index contributed by atoms with van der Waals surface area (Å²) in [6.07, 6.45) is 10.7. The Morgan fingerprint density at radius 3 is 1.89 bits per heavy atom. The molecule has 3 aromatic rings. The highest BCUT2D eigenvalue weighted by Gasteiger charge is 2.22. The molecule has 0 saturated heterocycles. The predicted octanol–water partition coefficient (Wildman–Crippen LogP) is 9.75. The number of hydrogen-bond acceptors (Lipinski definition) is 3. The summed E-state index contributed by atoms with van der Waals surface area (Å²) in [7, 11) is 0. The molecule has 3 heterocycles. The van der Waals surface area contributed by atoms with E-state index in [0.29, 0.717) is 12.0 Å². The molecule has 4 aliphatic rings. The lowest BCUT2D eigenvalue weighted by atomic mass is 9.93. The predicted molar refractivity (Wildman–Crippen MR) is 202 cm³/mol. The Morgan fingerprint density at radius 1 is 0.638 bits per heavy atom. The molecule has 0 bridgehead atoms. The fraction of sp³-hybridized carbons (Fsp3) is 0.591. The third-order valence-electron chi connectivity index (χ3n) is 11.3. The molecule has 1 aliphatic carbocycles. The minimum atomic E-state index is 0.646. The summed E-state index contributed by atoms with van der Waals surface area (Å²) in [6, 6.07) is 21.7. The van der Waals surface area contributed by atoms with Crippen molar-refractivity contribution in [1.82, 2.24) is 14.7 Å². The second-order valence-corrected chi connectivity index (χ2v) is 15.5. The van der Waals surface area contributed by atoms with E-state index in [4.69, 9.17) is 0 Å². The first-order valence-corrected chi connectivity index (χ1v) is 19.2. The molecule has 3 heteroatoms. The lowest BCUT2D eigenvalue weighted by molar-refractivity contribution is 0.203. The standard InChI is InChI=1S/C17H25N.C14H21N.C13H19N/c1-2-14-7-8-16-9-10-18(13-17(16)11-14)12-15-5-3-4-6-15;1-4-15-8-7-12-5-6-13(11(2)3)9-14(12)10-15;1-10(2)14-7-6-12-5-4-11(3)8-13(12)9-14/h7-8,11,15H,2-6,9-10,12-13H2,1H3;5-6,9,11H,4,7-8,10H2,1-3H3;4-5,8,10H,6-7,9H2,1-3H3. The number of nitrogens with zero attached hydrogens (tertiary/aromatic N) is 3. The molecule has 1 saturated carbocycles. The minimum absolute atomic E-state index is 0.646. The minimum Gasteiger partial charge on any atom is -0.299 e. The SMILES string of the molecule is CCN1CCc2ccc(C(C)C)cc2C1.CCc1ccc2c(c1)CN(CC1CCCC1)CC2.Cc1ccc2c(c1)CN(C(C)C)CC2. The van der Waals surface area contributed by atoms with E-state index in [-0.39, 0.29) is 0 Å². The molecule has 0 unspecified atom stereocenters. The van der Waals surface area contributed by atoms with E-state index in [2.05, 4.69) is 118 Å². The summed E-state index contributed by atoms with van der Waals surface area (Å²) >= 11 is 0. The monoisotopic (exact) mass is 636 g/mol. The van der Waals surface area contributed by atoms with Crippen LogP contribution in [0, 0.1) is 12.8 Å². The third kappa shape index (κ3) is 10.0. The van der Waals surface area contributed by atoms with E-state index in [0.717, 1.165) is 25.4 Å². The number of likely N-dealkylation sites (N-methyl/N-ethyl adjacent to an activating group) is 1. The summed E-state index contributed by atoms with van der Waals surface area (Å²) in [5.74, 6) is 1.63. The summed E-state index contributed by atoms with van der Waals surface area (Å²) < 4.78 is 0. The van der Waals surface area contributed by atoms with Gasteiger partial charge in [-0.1, -0.05) is 101 Å². The van der Waals surface area contributed by atoms with Crippen LogP contribution in [0.5, 0.6) is 0 Å². The highest BCUT2D eigenvalue weighted by molar-refractivity contribution is 5.36. The number of aryl methyl sites for hydroxylation is 2. The molecule has 0 N–H and O–H groups in total. The molecule has 47 heavy (non-hydrogen) atoms. The van der Waals surface area contributed by atoms with Crippen molar-refractivity contribution in [2.45, 2.75) is 131 Å². The van der Waals surface area contributed by atoms with Gasteiger partial charge >= 0.3 is 0 Å². The van der Waals surface area contributed by atoms with Gasteiger partial charge in [-0.15, -0.1) is 0 Å². The first-order chi connectivity index (χ1) is 22.7. The van der Waals surface area contributed by atoms with Gasteiger partial charge in [0.2, 0.25) is 0 Å². The molecule has 3 nitrogen and oxygen atoms in total. The van der Waals surface area contributed by atoms with Crippen molar-refractivity contribution in [1.29, 1.82) is 0 Å². The maximum absolute atomic E-state index is 2.69. The highest BCUT2D eigenvalue weighted by Crippen LogP contribution is 2.28. The van der Waals surface area contributed by atoms with Crippen LogP contribution in [0.25, 0.3) is 0 Å². The van der Waals surface area contributed by atoms with Gasteiger partial charge < -0.3 is 0 Å². The van der Waals surface area contributed by atoms with Crippen LogP contribution in [0.3, 0.4) is 0 Å². The Kier molecular flexibility index (Phi) is 13.2. The molecule has 0 atom stereocenters. The molecular formula is C44H65N3. The average molecular weight is 636 g/mol. The van der Waals surface area contributed by atoms with Crippen molar-refractivity contribution in [3.63, 3.8) is 0 Å². The van der Waals surface area contributed by atoms with Gasteiger partial charge in [-0.05, 0) is 122 Å². The van der Waals surface area contributed by atoms with Crippen molar-refractivity contribution in [2.24, 2.45) is 5.92 Å². The van der Waals surface area contributed by atoms with Gasteiger partial charge in [0.1, 0.15) is 0 Å². The zero-order valence-corrected chi connectivity index (χ0v) is 31.1. The molecule has 256 valence electrons. The largest absolute Gasteiger partial charge is 0.299 e. The first kappa shape index (κ1) is 35.8. The summed E-state index contributed by atoms with van der Waals surface area (Å²) in [5.41, 5.74) is 13.7. The molecule has 3 aromatic carbocycles. The van der Waals surface area contributed by atoms with Gasteiger partial charge in [0, 0.05) is 51.9 Å². The van der Waals surface area contributed by atoms with Gasteiger partial charge in [0.15, 0.2) is 0 Å². The molecule has 1 fully saturated rings. The maximum Gasteiger partial charge on any atom is 0.0239 e. The summed E-state index contributed by atoms with van der Waals surface area (Å²) in [6.45, 7) is 25.5. The molecule has 0 aromatic heterocycles. The fourth-order valence-electron chi connectivity index (χ4n) is 8.02. The van der Waals surface area contributed by atoms with Crippen molar-refractivity contribution < 1.29 is 0 Å². The van der Waals surface area contributed by atoms with Crippen LogP contribution in [0.1, 0.15) is 123 Å². The lowest BCUT2D eigenvalue weighted by Crippen LogP contribution is -2.35. The normalized spacial score (nSPS) is 18.6. The van der Waals surface area contributed by atoms with Crippen LogP contribution in [-0.4, -0.2) is 53.5 Å². The number of hydrogen-bond donors (Lipinski definition) is 0. The zero-order valence-electron chi connectivity index (χ0n) is 31.1. The van der Waals surface area contributed by atoms with Crippen molar-refractivity contribution in [2.75, 3.05) is 32.7 Å². The molecule has 0 spiro atoms. The second-order valence-electron chi connectivity index (χ2n) is 15.5. The van der Waals surface area contributed by atoms with E-state index in [1.165, 1.54) is 106 Å². The van der Waals surface area contributed by atoms with Crippen LogP contribution < -0.4 is 0 Å². The molecule has 0 amide bonds. The Balaban J connectivity index is 0.000000140. The van der Waals surface area contributed by atoms with E-state index < -0.39 is 0 Å². The quantitative estimate of drug-likeness (QED) is 0.267. The van der Waals surface area contributed by atoms with Crippen LogP contribution in [0.4, 0.5) is 0 Å². The van der Waals surface area contributed by atoms with E-state index in [1.807, 2.05) is 0 Å².